The summed E-state index contributed by atoms with van der Waals surface area (Å²) in [6, 6.07) is 11.6. The number of aromatic nitrogens is 1. The Hall–Kier alpha value is -1.82. The topological polar surface area (TPSA) is 59.1 Å². The number of aryl methyl sites for hydroxylation is 1. The van der Waals surface area contributed by atoms with Gasteiger partial charge in [0.05, 0.1) is 21.2 Å². The Balaban J connectivity index is 2.00. The predicted octanol–water partition coefficient (Wildman–Crippen LogP) is 4.65. The first-order chi connectivity index (χ1) is 10.9. The van der Waals surface area contributed by atoms with Crippen LogP contribution in [0.5, 0.6) is 0 Å². The molecule has 0 saturated heterocycles. The van der Waals surface area contributed by atoms with Gasteiger partial charge in [0.1, 0.15) is 4.90 Å². The van der Waals surface area contributed by atoms with Crippen LogP contribution in [-0.2, 0) is 10.0 Å². The van der Waals surface area contributed by atoms with Crippen LogP contribution in [0.3, 0.4) is 0 Å². The van der Waals surface area contributed by atoms with Crippen molar-refractivity contribution in [3.05, 3.63) is 64.3 Å². The number of halogens is 2. The lowest BCUT2D eigenvalue weighted by molar-refractivity contribution is 0.601. The van der Waals surface area contributed by atoms with Crippen molar-refractivity contribution in [1.82, 2.24) is 4.98 Å². The highest BCUT2D eigenvalue weighted by Gasteiger charge is 2.19. The number of fused-ring (bicyclic) bond motifs is 1. The van der Waals surface area contributed by atoms with Gasteiger partial charge in [0.25, 0.3) is 10.0 Å². The number of nitrogens with one attached hydrogen (secondary N) is 1. The Morgan fingerprint density at radius 3 is 2.65 bits per heavy atom. The van der Waals surface area contributed by atoms with Crippen LogP contribution in [0.2, 0.25) is 10.0 Å². The quantitative estimate of drug-likeness (QED) is 0.733. The second kappa shape index (κ2) is 6.00. The lowest BCUT2D eigenvalue weighted by Gasteiger charge is -2.11. The zero-order valence-electron chi connectivity index (χ0n) is 12.0. The summed E-state index contributed by atoms with van der Waals surface area (Å²) < 4.78 is 27.5. The number of pyridine rings is 1. The standard InChI is InChI=1S/C16H12Cl2N2O2S/c1-10-7-11-5-6-12(8-14(11)19-9-10)20-23(21,22)15-4-2-3-13(17)16(15)18/h2-9,20H,1H3. The zero-order chi connectivity index (χ0) is 16.6. The summed E-state index contributed by atoms with van der Waals surface area (Å²) in [5.74, 6) is 0. The van der Waals surface area contributed by atoms with Crippen LogP contribution >= 0.6 is 23.2 Å². The second-order valence-corrected chi connectivity index (χ2v) is 7.51. The van der Waals surface area contributed by atoms with Gasteiger partial charge in [-0.15, -0.1) is 0 Å². The van der Waals surface area contributed by atoms with Gasteiger partial charge in [-0.1, -0.05) is 35.3 Å². The molecule has 0 aliphatic carbocycles. The molecule has 0 spiro atoms. The first kappa shape index (κ1) is 16.1. The van der Waals surface area contributed by atoms with E-state index in [9.17, 15) is 8.42 Å². The van der Waals surface area contributed by atoms with Crippen molar-refractivity contribution in [2.24, 2.45) is 0 Å². The molecular weight excluding hydrogens is 355 g/mol. The molecule has 2 aromatic carbocycles. The Morgan fingerprint density at radius 1 is 1.09 bits per heavy atom. The van der Waals surface area contributed by atoms with E-state index in [4.69, 9.17) is 23.2 Å². The number of benzene rings is 2. The molecule has 0 unspecified atom stereocenters. The molecule has 0 fully saturated rings. The van der Waals surface area contributed by atoms with Crippen LogP contribution in [0.15, 0.2) is 53.6 Å². The zero-order valence-corrected chi connectivity index (χ0v) is 14.4. The predicted molar refractivity (Wildman–Crippen MR) is 93.8 cm³/mol. The van der Waals surface area contributed by atoms with E-state index < -0.39 is 10.0 Å². The number of hydrogen-bond donors (Lipinski definition) is 1. The van der Waals surface area contributed by atoms with Crippen LogP contribution in [0.25, 0.3) is 10.9 Å². The highest BCUT2D eigenvalue weighted by Crippen LogP contribution is 2.30. The first-order valence-electron chi connectivity index (χ1n) is 6.70. The van der Waals surface area contributed by atoms with E-state index in [1.54, 1.807) is 18.3 Å². The Morgan fingerprint density at radius 2 is 1.87 bits per heavy atom. The minimum Gasteiger partial charge on any atom is -0.280 e. The van der Waals surface area contributed by atoms with Crippen molar-refractivity contribution < 1.29 is 8.42 Å². The summed E-state index contributed by atoms with van der Waals surface area (Å²) in [7, 11) is -3.84. The molecule has 3 rings (SSSR count). The van der Waals surface area contributed by atoms with Crippen molar-refractivity contribution in [2.45, 2.75) is 11.8 Å². The summed E-state index contributed by atoms with van der Waals surface area (Å²) in [6.07, 6.45) is 1.73. The molecule has 1 heterocycles. The lowest BCUT2D eigenvalue weighted by Crippen LogP contribution is -2.13. The molecule has 1 N–H and O–H groups in total. The maximum atomic E-state index is 12.5. The smallest absolute Gasteiger partial charge is 0.263 e. The van der Waals surface area contributed by atoms with Gasteiger partial charge in [-0.25, -0.2) is 8.42 Å². The van der Waals surface area contributed by atoms with E-state index in [2.05, 4.69) is 9.71 Å². The fourth-order valence-corrected chi connectivity index (χ4v) is 4.01. The van der Waals surface area contributed by atoms with Gasteiger partial charge >= 0.3 is 0 Å². The molecule has 4 nitrogen and oxygen atoms in total. The largest absolute Gasteiger partial charge is 0.280 e. The van der Waals surface area contributed by atoms with Gasteiger partial charge in [0.2, 0.25) is 0 Å². The fourth-order valence-electron chi connectivity index (χ4n) is 2.20. The number of sulfonamides is 1. The Labute approximate surface area is 144 Å². The van der Waals surface area contributed by atoms with Crippen LogP contribution in [0.1, 0.15) is 5.56 Å². The van der Waals surface area contributed by atoms with Crippen LogP contribution in [0.4, 0.5) is 5.69 Å². The van der Waals surface area contributed by atoms with Gasteiger partial charge in [0.15, 0.2) is 0 Å². The molecule has 0 radical (unpaired) electrons. The molecule has 0 saturated carbocycles. The van der Waals surface area contributed by atoms with Gasteiger partial charge in [-0.3, -0.25) is 9.71 Å². The van der Waals surface area contributed by atoms with E-state index >= 15 is 0 Å². The lowest BCUT2D eigenvalue weighted by atomic mass is 10.1. The highest BCUT2D eigenvalue weighted by atomic mass is 35.5. The number of rotatable bonds is 3. The Kier molecular flexibility index (Phi) is 4.19. The van der Waals surface area contributed by atoms with Gasteiger partial charge in [0, 0.05) is 11.6 Å². The van der Waals surface area contributed by atoms with Gasteiger partial charge in [-0.2, -0.15) is 0 Å². The van der Waals surface area contributed by atoms with E-state index in [0.29, 0.717) is 11.2 Å². The molecule has 7 heteroatoms. The summed E-state index contributed by atoms with van der Waals surface area (Å²) in [5, 5.41) is 1.12. The van der Waals surface area contributed by atoms with E-state index in [-0.39, 0.29) is 14.9 Å². The van der Waals surface area contributed by atoms with Gasteiger partial charge < -0.3 is 0 Å². The van der Waals surface area contributed by atoms with E-state index in [1.165, 1.54) is 18.2 Å². The van der Waals surface area contributed by atoms with Crippen LogP contribution in [0, 0.1) is 6.92 Å². The van der Waals surface area contributed by atoms with Crippen LogP contribution in [-0.4, -0.2) is 13.4 Å². The second-order valence-electron chi connectivity index (χ2n) is 5.08. The fraction of sp³-hybridized carbons (Fsp3) is 0.0625. The molecule has 0 bridgehead atoms. The summed E-state index contributed by atoms with van der Waals surface area (Å²) in [6.45, 7) is 1.95. The van der Waals surface area contributed by atoms with Gasteiger partial charge in [-0.05, 0) is 42.8 Å². The molecule has 0 atom stereocenters. The van der Waals surface area contributed by atoms with Crippen molar-refractivity contribution >= 4 is 49.8 Å². The minimum atomic E-state index is -3.84. The van der Waals surface area contributed by atoms with Crippen LogP contribution < -0.4 is 4.72 Å². The number of hydrogen-bond acceptors (Lipinski definition) is 3. The normalized spacial score (nSPS) is 11.6. The average Bonchev–Trinajstić information content (AvgIpc) is 2.49. The first-order valence-corrected chi connectivity index (χ1v) is 8.94. The molecule has 118 valence electrons. The highest BCUT2D eigenvalue weighted by molar-refractivity contribution is 7.92. The molecule has 0 aliphatic heterocycles. The number of nitrogens with zero attached hydrogens (tertiary/aromatic N) is 1. The summed E-state index contributed by atoms with van der Waals surface area (Å²) in [4.78, 5) is 4.23. The molecule has 0 amide bonds. The third-order valence-corrected chi connectivity index (χ3v) is 5.63. The molecule has 0 aliphatic rings. The minimum absolute atomic E-state index is 0.00351. The van der Waals surface area contributed by atoms with Crippen molar-refractivity contribution in [2.75, 3.05) is 4.72 Å². The molecular formula is C16H12Cl2N2O2S. The monoisotopic (exact) mass is 366 g/mol. The third kappa shape index (κ3) is 3.27. The van der Waals surface area contributed by atoms with Crippen molar-refractivity contribution in [3.8, 4) is 0 Å². The Bertz CT molecular complexity index is 1000. The number of anilines is 1. The molecule has 3 aromatic rings. The third-order valence-electron chi connectivity index (χ3n) is 3.28. The molecule has 1 aromatic heterocycles. The summed E-state index contributed by atoms with van der Waals surface area (Å²) in [5.41, 5.74) is 2.15. The van der Waals surface area contributed by atoms with E-state index in [0.717, 1.165) is 10.9 Å². The maximum absolute atomic E-state index is 12.5. The maximum Gasteiger partial charge on any atom is 0.263 e. The average molecular weight is 367 g/mol. The SMILES string of the molecule is Cc1cnc2cc(NS(=O)(=O)c3cccc(Cl)c3Cl)ccc2c1. The van der Waals surface area contributed by atoms with E-state index in [1.807, 2.05) is 19.1 Å². The van der Waals surface area contributed by atoms with Crippen molar-refractivity contribution in [1.29, 1.82) is 0 Å². The van der Waals surface area contributed by atoms with Crippen molar-refractivity contribution in [3.63, 3.8) is 0 Å². The summed E-state index contributed by atoms with van der Waals surface area (Å²) >= 11 is 11.9. The molecule has 23 heavy (non-hydrogen) atoms.